The number of nitrogens with two attached hydrogens (primary N) is 1. The molecule has 0 spiro atoms. The lowest BCUT2D eigenvalue weighted by atomic mass is 9.94. The van der Waals surface area contributed by atoms with Gasteiger partial charge in [-0.1, -0.05) is 25.3 Å². The van der Waals surface area contributed by atoms with Gasteiger partial charge >= 0.3 is 0 Å². The van der Waals surface area contributed by atoms with Gasteiger partial charge in [-0.05, 0) is 18.9 Å². The van der Waals surface area contributed by atoms with Crippen molar-refractivity contribution in [2.45, 2.75) is 44.7 Å². The number of nitrogens with zero attached hydrogens (tertiary/aromatic N) is 1. The number of benzene rings is 1. The van der Waals surface area contributed by atoms with Crippen molar-refractivity contribution in [2.24, 2.45) is 5.73 Å². The predicted molar refractivity (Wildman–Crippen MR) is 69.5 cm³/mol. The highest BCUT2D eigenvalue weighted by atomic mass is 19.2. The standard InChI is InChI=1S/C14H20F2N2/c1-18(11-5-3-2-4-6-11)12-8-7-10(9-17)13(15)14(12)16/h7-8,11H,2-6,9,17H2,1H3. The van der Waals surface area contributed by atoms with Crippen LogP contribution in [0.2, 0.25) is 0 Å². The number of hydrogen-bond acceptors (Lipinski definition) is 2. The van der Waals surface area contributed by atoms with Crippen LogP contribution in [0.3, 0.4) is 0 Å². The third kappa shape index (κ3) is 2.48. The van der Waals surface area contributed by atoms with Gasteiger partial charge in [0.1, 0.15) is 0 Å². The smallest absolute Gasteiger partial charge is 0.182 e. The molecule has 1 fully saturated rings. The topological polar surface area (TPSA) is 29.3 Å². The van der Waals surface area contributed by atoms with E-state index in [-0.39, 0.29) is 12.1 Å². The maximum atomic E-state index is 14.0. The average molecular weight is 254 g/mol. The van der Waals surface area contributed by atoms with E-state index in [1.807, 2.05) is 11.9 Å². The normalized spacial score (nSPS) is 16.9. The highest BCUT2D eigenvalue weighted by Crippen LogP contribution is 2.29. The molecule has 2 N–H and O–H groups in total. The van der Waals surface area contributed by atoms with Gasteiger partial charge in [-0.15, -0.1) is 0 Å². The number of rotatable bonds is 3. The van der Waals surface area contributed by atoms with Crippen LogP contribution in [0.15, 0.2) is 12.1 Å². The molecule has 1 aromatic carbocycles. The van der Waals surface area contributed by atoms with Crippen molar-refractivity contribution >= 4 is 5.69 Å². The first-order valence-electron chi connectivity index (χ1n) is 6.55. The second-order valence-electron chi connectivity index (χ2n) is 4.98. The summed E-state index contributed by atoms with van der Waals surface area (Å²) in [7, 11) is 1.84. The second kappa shape index (κ2) is 5.65. The van der Waals surface area contributed by atoms with Crippen molar-refractivity contribution in [2.75, 3.05) is 11.9 Å². The molecule has 0 bridgehead atoms. The first-order valence-corrected chi connectivity index (χ1v) is 6.55. The molecular weight excluding hydrogens is 234 g/mol. The summed E-state index contributed by atoms with van der Waals surface area (Å²) >= 11 is 0. The fourth-order valence-corrected chi connectivity index (χ4v) is 2.67. The lowest BCUT2D eigenvalue weighted by Crippen LogP contribution is -2.34. The Balaban J connectivity index is 2.24. The van der Waals surface area contributed by atoms with Crippen LogP contribution < -0.4 is 10.6 Å². The van der Waals surface area contributed by atoms with Gasteiger partial charge in [0.2, 0.25) is 0 Å². The molecule has 18 heavy (non-hydrogen) atoms. The summed E-state index contributed by atoms with van der Waals surface area (Å²) in [6.07, 6.45) is 5.68. The van der Waals surface area contributed by atoms with Gasteiger partial charge in [-0.3, -0.25) is 0 Å². The van der Waals surface area contributed by atoms with Crippen LogP contribution in [-0.2, 0) is 6.54 Å². The van der Waals surface area contributed by atoms with E-state index in [4.69, 9.17) is 5.73 Å². The third-order valence-corrected chi connectivity index (χ3v) is 3.86. The summed E-state index contributed by atoms with van der Waals surface area (Å²) in [4.78, 5) is 1.87. The number of anilines is 1. The van der Waals surface area contributed by atoms with Gasteiger partial charge in [-0.2, -0.15) is 0 Å². The molecule has 0 aromatic heterocycles. The predicted octanol–water partition coefficient (Wildman–Crippen LogP) is 3.19. The van der Waals surface area contributed by atoms with Crippen LogP contribution in [0.25, 0.3) is 0 Å². The summed E-state index contributed by atoms with van der Waals surface area (Å²) < 4.78 is 27.7. The Morgan fingerprint density at radius 1 is 1.17 bits per heavy atom. The summed E-state index contributed by atoms with van der Waals surface area (Å²) in [5, 5.41) is 0. The van der Waals surface area contributed by atoms with Crippen molar-refractivity contribution in [1.29, 1.82) is 0 Å². The van der Waals surface area contributed by atoms with E-state index in [9.17, 15) is 8.78 Å². The quantitative estimate of drug-likeness (QED) is 0.897. The van der Waals surface area contributed by atoms with Crippen molar-refractivity contribution in [3.05, 3.63) is 29.3 Å². The van der Waals surface area contributed by atoms with Crippen LogP contribution in [-0.4, -0.2) is 13.1 Å². The molecule has 0 amide bonds. The van der Waals surface area contributed by atoms with E-state index < -0.39 is 11.6 Å². The van der Waals surface area contributed by atoms with Crippen molar-refractivity contribution in [3.63, 3.8) is 0 Å². The lowest BCUT2D eigenvalue weighted by Gasteiger charge is -2.33. The van der Waals surface area contributed by atoms with Gasteiger partial charge in [0.25, 0.3) is 0 Å². The molecule has 0 saturated heterocycles. The zero-order chi connectivity index (χ0) is 13.1. The monoisotopic (exact) mass is 254 g/mol. The molecule has 2 rings (SSSR count). The fourth-order valence-electron chi connectivity index (χ4n) is 2.67. The molecule has 1 aliphatic rings. The third-order valence-electron chi connectivity index (χ3n) is 3.86. The molecule has 0 atom stereocenters. The van der Waals surface area contributed by atoms with E-state index >= 15 is 0 Å². The minimum absolute atomic E-state index is 0.0240. The Kier molecular flexibility index (Phi) is 4.17. The summed E-state index contributed by atoms with van der Waals surface area (Å²) in [5.74, 6) is -1.58. The maximum Gasteiger partial charge on any atom is 0.182 e. The minimum Gasteiger partial charge on any atom is -0.369 e. The molecule has 0 unspecified atom stereocenters. The molecule has 100 valence electrons. The summed E-state index contributed by atoms with van der Waals surface area (Å²) in [6, 6.07) is 3.53. The molecule has 0 radical (unpaired) electrons. The van der Waals surface area contributed by atoms with Crippen LogP contribution in [0, 0.1) is 11.6 Å². The molecular formula is C14H20F2N2. The van der Waals surface area contributed by atoms with E-state index in [1.165, 1.54) is 19.3 Å². The second-order valence-corrected chi connectivity index (χ2v) is 4.98. The summed E-state index contributed by atoms with van der Waals surface area (Å²) in [5.41, 5.74) is 5.94. The molecule has 0 heterocycles. The van der Waals surface area contributed by atoms with Gasteiger partial charge in [-0.25, -0.2) is 8.78 Å². The first-order chi connectivity index (χ1) is 8.65. The van der Waals surface area contributed by atoms with Crippen LogP contribution in [0.5, 0.6) is 0 Å². The van der Waals surface area contributed by atoms with Crippen molar-refractivity contribution in [3.8, 4) is 0 Å². The Hall–Kier alpha value is -1.16. The van der Waals surface area contributed by atoms with Crippen LogP contribution in [0.4, 0.5) is 14.5 Å². The van der Waals surface area contributed by atoms with Crippen LogP contribution in [0.1, 0.15) is 37.7 Å². The molecule has 4 heteroatoms. The first kappa shape index (κ1) is 13.3. The van der Waals surface area contributed by atoms with E-state index in [2.05, 4.69) is 0 Å². The molecule has 0 aliphatic heterocycles. The Morgan fingerprint density at radius 2 is 1.83 bits per heavy atom. The molecule has 1 aliphatic carbocycles. The van der Waals surface area contributed by atoms with E-state index in [1.54, 1.807) is 12.1 Å². The highest BCUT2D eigenvalue weighted by molar-refractivity contribution is 5.50. The maximum absolute atomic E-state index is 14.0. The lowest BCUT2D eigenvalue weighted by molar-refractivity contribution is 0.420. The molecule has 1 saturated carbocycles. The average Bonchev–Trinajstić information content (AvgIpc) is 2.42. The van der Waals surface area contributed by atoms with E-state index in [0.717, 1.165) is 12.8 Å². The Labute approximate surface area is 107 Å². The highest BCUT2D eigenvalue weighted by Gasteiger charge is 2.22. The Morgan fingerprint density at radius 3 is 2.44 bits per heavy atom. The van der Waals surface area contributed by atoms with E-state index in [0.29, 0.717) is 11.7 Å². The minimum atomic E-state index is -0.808. The Bertz CT molecular complexity index is 415. The molecule has 2 nitrogen and oxygen atoms in total. The largest absolute Gasteiger partial charge is 0.369 e. The zero-order valence-corrected chi connectivity index (χ0v) is 10.8. The van der Waals surface area contributed by atoms with Gasteiger partial charge in [0.05, 0.1) is 5.69 Å². The molecule has 1 aromatic rings. The number of hydrogen-bond donors (Lipinski definition) is 1. The number of halogens is 2. The van der Waals surface area contributed by atoms with Gasteiger partial charge in [0, 0.05) is 25.2 Å². The van der Waals surface area contributed by atoms with Gasteiger partial charge < -0.3 is 10.6 Å². The zero-order valence-electron chi connectivity index (χ0n) is 10.8. The van der Waals surface area contributed by atoms with Crippen molar-refractivity contribution in [1.82, 2.24) is 0 Å². The van der Waals surface area contributed by atoms with Crippen LogP contribution >= 0.6 is 0 Å². The van der Waals surface area contributed by atoms with Gasteiger partial charge in [0.15, 0.2) is 11.6 Å². The SMILES string of the molecule is CN(c1ccc(CN)c(F)c1F)C1CCCCC1. The van der Waals surface area contributed by atoms with Crippen molar-refractivity contribution < 1.29 is 8.78 Å². The fraction of sp³-hybridized carbons (Fsp3) is 0.571. The summed E-state index contributed by atoms with van der Waals surface area (Å²) in [6.45, 7) is 0.0240.